The van der Waals surface area contributed by atoms with Gasteiger partial charge in [0.05, 0.1) is 12.8 Å². The fourth-order valence-electron chi connectivity index (χ4n) is 1.05. The molecule has 1 aromatic carbocycles. The summed E-state index contributed by atoms with van der Waals surface area (Å²) >= 11 is 0. The largest absolute Gasteiger partial charge is 0.497 e. The molecule has 76 valence electrons. The molecule has 0 saturated carbocycles. The van der Waals surface area contributed by atoms with E-state index in [0.29, 0.717) is 6.61 Å². The van der Waals surface area contributed by atoms with Crippen LogP contribution >= 0.6 is 0 Å². The Labute approximate surface area is 84.3 Å². The standard InChI is InChI=1S/C11H15NO2/c1-4-14-12-9(2)10-5-7-11(13-3)8-6-10/h5-8H,4H2,1-3H3/b12-9+. The molecule has 0 bridgehead atoms. The van der Waals surface area contributed by atoms with Crippen molar-refractivity contribution in [3.05, 3.63) is 29.8 Å². The van der Waals surface area contributed by atoms with Gasteiger partial charge in [0.2, 0.25) is 0 Å². The molecule has 0 spiro atoms. The van der Waals surface area contributed by atoms with Crippen LogP contribution in [-0.4, -0.2) is 19.4 Å². The van der Waals surface area contributed by atoms with Crippen LogP contribution in [0.4, 0.5) is 0 Å². The van der Waals surface area contributed by atoms with E-state index in [1.54, 1.807) is 7.11 Å². The summed E-state index contributed by atoms with van der Waals surface area (Å²) in [5.41, 5.74) is 1.91. The zero-order valence-electron chi connectivity index (χ0n) is 8.78. The minimum absolute atomic E-state index is 0.591. The Bertz CT molecular complexity index is 304. The number of rotatable bonds is 4. The van der Waals surface area contributed by atoms with Crippen LogP contribution in [0.2, 0.25) is 0 Å². The van der Waals surface area contributed by atoms with E-state index < -0.39 is 0 Å². The first-order valence-electron chi connectivity index (χ1n) is 4.59. The lowest BCUT2D eigenvalue weighted by Gasteiger charge is -2.02. The third-order valence-electron chi connectivity index (χ3n) is 1.84. The van der Waals surface area contributed by atoms with Crippen LogP contribution in [0.15, 0.2) is 29.4 Å². The molecule has 0 N–H and O–H groups in total. The van der Waals surface area contributed by atoms with Crippen LogP contribution in [0.5, 0.6) is 5.75 Å². The molecule has 3 heteroatoms. The van der Waals surface area contributed by atoms with Gasteiger partial charge in [-0.3, -0.25) is 0 Å². The molecule has 0 saturated heterocycles. The average Bonchev–Trinajstić information content (AvgIpc) is 2.26. The highest BCUT2D eigenvalue weighted by Gasteiger charge is 1.97. The minimum Gasteiger partial charge on any atom is -0.497 e. The van der Waals surface area contributed by atoms with Crippen molar-refractivity contribution < 1.29 is 9.57 Å². The lowest BCUT2D eigenvalue weighted by Crippen LogP contribution is -1.96. The first-order chi connectivity index (χ1) is 6.77. The number of methoxy groups -OCH3 is 1. The van der Waals surface area contributed by atoms with E-state index in [2.05, 4.69) is 5.16 Å². The van der Waals surface area contributed by atoms with Gasteiger partial charge in [-0.15, -0.1) is 0 Å². The highest BCUT2D eigenvalue weighted by atomic mass is 16.6. The second kappa shape index (κ2) is 5.27. The SMILES string of the molecule is CCO/N=C(\C)c1ccc(OC)cc1. The van der Waals surface area contributed by atoms with Crippen molar-refractivity contribution in [1.29, 1.82) is 0 Å². The molecule has 0 atom stereocenters. The van der Waals surface area contributed by atoms with Crippen molar-refractivity contribution in [3.8, 4) is 5.75 Å². The molecular weight excluding hydrogens is 178 g/mol. The summed E-state index contributed by atoms with van der Waals surface area (Å²) in [4.78, 5) is 4.96. The normalized spacial score (nSPS) is 11.2. The van der Waals surface area contributed by atoms with Gasteiger partial charge in [-0.25, -0.2) is 0 Å². The fourth-order valence-corrected chi connectivity index (χ4v) is 1.05. The van der Waals surface area contributed by atoms with Crippen molar-refractivity contribution in [2.75, 3.05) is 13.7 Å². The molecule has 1 rings (SSSR count). The zero-order valence-corrected chi connectivity index (χ0v) is 8.78. The van der Waals surface area contributed by atoms with Gasteiger partial charge in [0, 0.05) is 0 Å². The van der Waals surface area contributed by atoms with Gasteiger partial charge in [0.25, 0.3) is 0 Å². The van der Waals surface area contributed by atoms with Crippen LogP contribution in [-0.2, 0) is 4.84 Å². The molecule has 0 unspecified atom stereocenters. The maximum Gasteiger partial charge on any atom is 0.118 e. The Morgan fingerprint density at radius 3 is 2.43 bits per heavy atom. The van der Waals surface area contributed by atoms with E-state index in [4.69, 9.17) is 9.57 Å². The summed E-state index contributed by atoms with van der Waals surface area (Å²) < 4.78 is 5.06. The monoisotopic (exact) mass is 193 g/mol. The quantitative estimate of drug-likeness (QED) is 0.543. The third-order valence-corrected chi connectivity index (χ3v) is 1.84. The topological polar surface area (TPSA) is 30.8 Å². The maximum atomic E-state index is 5.06. The number of hydrogen-bond acceptors (Lipinski definition) is 3. The molecule has 0 fully saturated rings. The highest BCUT2D eigenvalue weighted by molar-refractivity contribution is 5.98. The van der Waals surface area contributed by atoms with E-state index in [9.17, 15) is 0 Å². The van der Waals surface area contributed by atoms with Crippen molar-refractivity contribution in [1.82, 2.24) is 0 Å². The van der Waals surface area contributed by atoms with Crippen molar-refractivity contribution in [3.63, 3.8) is 0 Å². The summed E-state index contributed by atoms with van der Waals surface area (Å²) in [5, 5.41) is 3.94. The second-order valence-corrected chi connectivity index (χ2v) is 2.82. The number of ether oxygens (including phenoxy) is 1. The van der Waals surface area contributed by atoms with Gasteiger partial charge in [0.15, 0.2) is 0 Å². The summed E-state index contributed by atoms with van der Waals surface area (Å²) in [6, 6.07) is 7.72. The zero-order chi connectivity index (χ0) is 10.4. The molecular formula is C11H15NO2. The van der Waals surface area contributed by atoms with Crippen molar-refractivity contribution in [2.45, 2.75) is 13.8 Å². The molecule has 0 amide bonds. The Morgan fingerprint density at radius 1 is 1.29 bits per heavy atom. The summed E-state index contributed by atoms with van der Waals surface area (Å²) in [6.07, 6.45) is 0. The minimum atomic E-state index is 0.591. The van der Waals surface area contributed by atoms with Gasteiger partial charge in [-0.05, 0) is 43.7 Å². The predicted octanol–water partition coefficient (Wildman–Crippen LogP) is 2.46. The van der Waals surface area contributed by atoms with Gasteiger partial charge in [0.1, 0.15) is 12.4 Å². The van der Waals surface area contributed by atoms with E-state index in [-0.39, 0.29) is 0 Å². The average molecular weight is 193 g/mol. The number of nitrogens with zero attached hydrogens (tertiary/aromatic N) is 1. The van der Waals surface area contributed by atoms with E-state index >= 15 is 0 Å². The Kier molecular flexibility index (Phi) is 3.98. The summed E-state index contributed by atoms with van der Waals surface area (Å²) in [6.45, 7) is 4.41. The van der Waals surface area contributed by atoms with Crippen LogP contribution < -0.4 is 4.74 Å². The van der Waals surface area contributed by atoms with E-state index in [1.165, 1.54) is 0 Å². The molecule has 0 aliphatic carbocycles. The van der Waals surface area contributed by atoms with Gasteiger partial charge < -0.3 is 9.57 Å². The van der Waals surface area contributed by atoms with Gasteiger partial charge in [-0.1, -0.05) is 5.16 Å². The summed E-state index contributed by atoms with van der Waals surface area (Å²) in [7, 11) is 1.65. The third kappa shape index (κ3) is 2.76. The fraction of sp³-hybridized carbons (Fsp3) is 0.364. The molecule has 14 heavy (non-hydrogen) atoms. The molecule has 0 heterocycles. The van der Waals surface area contributed by atoms with Crippen molar-refractivity contribution in [2.24, 2.45) is 5.16 Å². The smallest absolute Gasteiger partial charge is 0.118 e. The first-order valence-corrected chi connectivity index (χ1v) is 4.59. The Morgan fingerprint density at radius 2 is 1.93 bits per heavy atom. The van der Waals surface area contributed by atoms with Crippen LogP contribution in [0.1, 0.15) is 19.4 Å². The van der Waals surface area contributed by atoms with Crippen LogP contribution in [0.25, 0.3) is 0 Å². The van der Waals surface area contributed by atoms with E-state index in [1.807, 2.05) is 38.1 Å². The number of benzene rings is 1. The summed E-state index contributed by atoms with van der Waals surface area (Å²) in [5.74, 6) is 0.845. The van der Waals surface area contributed by atoms with Gasteiger partial charge >= 0.3 is 0 Å². The van der Waals surface area contributed by atoms with Gasteiger partial charge in [-0.2, -0.15) is 0 Å². The highest BCUT2D eigenvalue weighted by Crippen LogP contribution is 2.11. The first kappa shape index (κ1) is 10.6. The molecule has 1 aromatic rings. The lowest BCUT2D eigenvalue weighted by atomic mass is 10.1. The molecule has 0 aliphatic heterocycles. The van der Waals surface area contributed by atoms with E-state index in [0.717, 1.165) is 17.0 Å². The number of oxime groups is 1. The second-order valence-electron chi connectivity index (χ2n) is 2.82. The molecule has 0 aliphatic rings. The molecule has 0 aromatic heterocycles. The Hall–Kier alpha value is -1.51. The number of hydrogen-bond donors (Lipinski definition) is 0. The van der Waals surface area contributed by atoms with Crippen molar-refractivity contribution >= 4 is 5.71 Å². The maximum absolute atomic E-state index is 5.06. The predicted molar refractivity (Wildman–Crippen MR) is 56.8 cm³/mol. The molecule has 3 nitrogen and oxygen atoms in total. The van der Waals surface area contributed by atoms with Crippen LogP contribution in [0, 0.1) is 0 Å². The molecule has 0 radical (unpaired) electrons. The van der Waals surface area contributed by atoms with Crippen LogP contribution in [0.3, 0.4) is 0 Å². The Balaban J connectivity index is 2.76. The lowest BCUT2D eigenvalue weighted by molar-refractivity contribution is 0.159.